The van der Waals surface area contributed by atoms with E-state index in [9.17, 15) is 4.79 Å². The Morgan fingerprint density at radius 2 is 2.00 bits per heavy atom. The van der Waals surface area contributed by atoms with Crippen molar-refractivity contribution in [2.45, 2.75) is 20.8 Å². The van der Waals surface area contributed by atoms with Gasteiger partial charge in [-0.3, -0.25) is 4.79 Å². The van der Waals surface area contributed by atoms with E-state index in [0.717, 1.165) is 11.1 Å². The van der Waals surface area contributed by atoms with Crippen molar-refractivity contribution in [3.05, 3.63) is 68.6 Å². The monoisotopic (exact) mass is 265 g/mol. The Bertz CT molecular complexity index is 779. The second-order valence-corrected chi connectivity index (χ2v) is 4.73. The normalized spacial score (nSPS) is 10.7. The number of pyridine rings is 1. The van der Waals surface area contributed by atoms with Crippen molar-refractivity contribution >= 4 is 6.21 Å². The van der Waals surface area contributed by atoms with Crippen molar-refractivity contribution < 1.29 is 0 Å². The number of nitrogens with zero attached hydrogens (tertiary/aromatic N) is 3. The Balaban J connectivity index is 2.50. The van der Waals surface area contributed by atoms with Crippen molar-refractivity contribution in [2.75, 3.05) is 0 Å². The number of rotatable bonds is 2. The molecule has 20 heavy (non-hydrogen) atoms. The minimum absolute atomic E-state index is 0.136. The van der Waals surface area contributed by atoms with Gasteiger partial charge in [-0.15, -0.1) is 0 Å². The molecule has 0 saturated carbocycles. The number of benzene rings is 1. The summed E-state index contributed by atoms with van der Waals surface area (Å²) in [7, 11) is 0. The molecule has 1 aromatic heterocycles. The molecule has 0 N–H and O–H groups in total. The molecule has 0 aliphatic carbocycles. The van der Waals surface area contributed by atoms with Gasteiger partial charge in [0.25, 0.3) is 5.56 Å². The zero-order valence-corrected chi connectivity index (χ0v) is 11.7. The van der Waals surface area contributed by atoms with Gasteiger partial charge < -0.3 is 0 Å². The fraction of sp³-hybridized carbons (Fsp3) is 0.188. The molecule has 0 amide bonds. The number of hydrogen-bond donors (Lipinski definition) is 0. The maximum absolute atomic E-state index is 12.2. The van der Waals surface area contributed by atoms with Gasteiger partial charge in [-0.1, -0.05) is 29.8 Å². The molecule has 0 unspecified atom stereocenters. The highest BCUT2D eigenvalue weighted by Gasteiger charge is 2.08. The molecular weight excluding hydrogens is 250 g/mol. The summed E-state index contributed by atoms with van der Waals surface area (Å²) in [5, 5.41) is 13.2. The van der Waals surface area contributed by atoms with Crippen LogP contribution < -0.4 is 5.56 Å². The minimum Gasteiger partial charge on any atom is -0.266 e. The lowest BCUT2D eigenvalue weighted by atomic mass is 10.1. The van der Waals surface area contributed by atoms with Gasteiger partial charge in [-0.2, -0.15) is 10.4 Å². The Hall–Kier alpha value is -2.67. The summed E-state index contributed by atoms with van der Waals surface area (Å²) in [6.45, 7) is 5.54. The quantitative estimate of drug-likeness (QED) is 0.783. The third kappa shape index (κ3) is 2.67. The summed E-state index contributed by atoms with van der Waals surface area (Å²) in [5.41, 5.74) is 3.17. The lowest BCUT2D eigenvalue weighted by Gasteiger charge is -2.06. The first-order valence-corrected chi connectivity index (χ1v) is 6.27. The molecule has 2 aromatic rings. The topological polar surface area (TPSA) is 58.1 Å². The summed E-state index contributed by atoms with van der Waals surface area (Å²) in [6, 6.07) is 11.5. The molecular formula is C16H15N3O. The van der Waals surface area contributed by atoms with Gasteiger partial charge >= 0.3 is 0 Å². The van der Waals surface area contributed by atoms with Gasteiger partial charge in [0, 0.05) is 5.69 Å². The van der Waals surface area contributed by atoms with E-state index >= 15 is 0 Å². The highest BCUT2D eigenvalue weighted by atomic mass is 16.1. The molecule has 0 spiro atoms. The smallest absolute Gasteiger partial charge is 0.266 e. The van der Waals surface area contributed by atoms with E-state index in [1.54, 1.807) is 26.1 Å². The van der Waals surface area contributed by atoms with Gasteiger partial charge in [-0.05, 0) is 38.0 Å². The molecule has 4 nitrogen and oxygen atoms in total. The van der Waals surface area contributed by atoms with Crippen molar-refractivity contribution in [1.29, 1.82) is 5.26 Å². The molecule has 4 heteroatoms. The first-order chi connectivity index (χ1) is 9.52. The molecule has 0 fully saturated rings. The van der Waals surface area contributed by atoms with E-state index in [1.807, 2.05) is 37.3 Å². The zero-order chi connectivity index (χ0) is 14.7. The average molecular weight is 265 g/mol. The second-order valence-electron chi connectivity index (χ2n) is 4.73. The van der Waals surface area contributed by atoms with Crippen LogP contribution in [-0.2, 0) is 0 Å². The van der Waals surface area contributed by atoms with E-state index in [-0.39, 0.29) is 11.1 Å². The highest BCUT2D eigenvalue weighted by molar-refractivity contribution is 5.79. The van der Waals surface area contributed by atoms with Crippen LogP contribution in [0.5, 0.6) is 0 Å². The van der Waals surface area contributed by atoms with Crippen LogP contribution in [-0.4, -0.2) is 10.9 Å². The maximum atomic E-state index is 12.2. The van der Waals surface area contributed by atoms with Crippen molar-refractivity contribution in [3.8, 4) is 6.07 Å². The summed E-state index contributed by atoms with van der Waals surface area (Å²) in [5.74, 6) is 0. The predicted molar refractivity (Wildman–Crippen MR) is 79.1 cm³/mol. The standard InChI is InChI=1S/C16H15N3O/c1-11-5-4-6-14(7-11)10-18-19-13(3)8-12(2)15(9-17)16(19)20/h4-8,10H,1-3H3/b18-10+. The highest BCUT2D eigenvalue weighted by Crippen LogP contribution is 2.06. The molecule has 0 radical (unpaired) electrons. The van der Waals surface area contributed by atoms with Gasteiger partial charge in [0.05, 0.1) is 6.21 Å². The SMILES string of the molecule is Cc1cccc(/C=N/n2c(C)cc(C)c(C#N)c2=O)c1. The van der Waals surface area contributed by atoms with Crippen molar-refractivity contribution in [1.82, 2.24) is 4.68 Å². The summed E-state index contributed by atoms with van der Waals surface area (Å²) in [6.07, 6.45) is 1.62. The molecule has 1 heterocycles. The van der Waals surface area contributed by atoms with Gasteiger partial charge in [0.1, 0.15) is 11.6 Å². The van der Waals surface area contributed by atoms with Crippen LogP contribution >= 0.6 is 0 Å². The van der Waals surface area contributed by atoms with Crippen LogP contribution in [0.4, 0.5) is 0 Å². The summed E-state index contributed by atoms with van der Waals surface area (Å²) >= 11 is 0. The molecule has 0 bridgehead atoms. The van der Waals surface area contributed by atoms with Gasteiger partial charge in [0.15, 0.2) is 0 Å². The Kier molecular flexibility index (Phi) is 3.81. The van der Waals surface area contributed by atoms with Crippen molar-refractivity contribution in [3.63, 3.8) is 0 Å². The molecule has 0 aliphatic heterocycles. The summed E-state index contributed by atoms with van der Waals surface area (Å²) < 4.78 is 1.26. The second kappa shape index (κ2) is 5.54. The van der Waals surface area contributed by atoms with E-state index in [2.05, 4.69) is 5.10 Å². The van der Waals surface area contributed by atoms with Crippen LogP contribution in [0, 0.1) is 32.1 Å². The fourth-order valence-electron chi connectivity index (χ4n) is 2.04. The average Bonchev–Trinajstić information content (AvgIpc) is 2.38. The first-order valence-electron chi connectivity index (χ1n) is 6.27. The first kappa shape index (κ1) is 13.8. The van der Waals surface area contributed by atoms with Crippen LogP contribution in [0.1, 0.15) is 27.9 Å². The maximum Gasteiger partial charge on any atom is 0.289 e. The summed E-state index contributed by atoms with van der Waals surface area (Å²) in [4.78, 5) is 12.2. The third-order valence-electron chi connectivity index (χ3n) is 3.04. The lowest BCUT2D eigenvalue weighted by molar-refractivity contribution is 0.786. The van der Waals surface area contributed by atoms with Crippen molar-refractivity contribution in [2.24, 2.45) is 5.10 Å². The number of aryl methyl sites for hydroxylation is 3. The predicted octanol–water partition coefficient (Wildman–Crippen LogP) is 2.53. The van der Waals surface area contributed by atoms with E-state index in [0.29, 0.717) is 11.3 Å². The zero-order valence-electron chi connectivity index (χ0n) is 11.7. The molecule has 100 valence electrons. The Morgan fingerprint density at radius 3 is 2.65 bits per heavy atom. The molecule has 2 rings (SSSR count). The Morgan fingerprint density at radius 1 is 1.25 bits per heavy atom. The van der Waals surface area contributed by atoms with E-state index in [4.69, 9.17) is 5.26 Å². The van der Waals surface area contributed by atoms with Crippen LogP contribution in [0.15, 0.2) is 40.2 Å². The minimum atomic E-state index is -0.381. The van der Waals surface area contributed by atoms with Gasteiger partial charge in [-0.25, -0.2) is 4.68 Å². The number of aromatic nitrogens is 1. The Labute approximate surface area is 117 Å². The van der Waals surface area contributed by atoms with Crippen LogP contribution in [0.2, 0.25) is 0 Å². The number of nitriles is 1. The largest absolute Gasteiger partial charge is 0.289 e. The molecule has 0 aliphatic rings. The molecule has 0 saturated heterocycles. The number of hydrogen-bond acceptors (Lipinski definition) is 3. The van der Waals surface area contributed by atoms with E-state index in [1.165, 1.54) is 4.68 Å². The van der Waals surface area contributed by atoms with E-state index < -0.39 is 0 Å². The van der Waals surface area contributed by atoms with Gasteiger partial charge in [0.2, 0.25) is 0 Å². The van der Waals surface area contributed by atoms with Crippen LogP contribution in [0.3, 0.4) is 0 Å². The lowest BCUT2D eigenvalue weighted by Crippen LogP contribution is -2.22. The fourth-order valence-corrected chi connectivity index (χ4v) is 2.04. The molecule has 1 aromatic carbocycles. The third-order valence-corrected chi connectivity index (χ3v) is 3.04. The van der Waals surface area contributed by atoms with Crippen LogP contribution in [0.25, 0.3) is 0 Å². The molecule has 0 atom stereocenters.